The van der Waals surface area contributed by atoms with Crippen LogP contribution in [0.15, 0.2) is 24.3 Å². The predicted molar refractivity (Wildman–Crippen MR) is 71.1 cm³/mol. The van der Waals surface area contributed by atoms with E-state index in [1.54, 1.807) is 13.0 Å². The fourth-order valence-corrected chi connectivity index (χ4v) is 1.70. The summed E-state index contributed by atoms with van der Waals surface area (Å²) in [5.74, 6) is 1.08. The van der Waals surface area contributed by atoms with Gasteiger partial charge < -0.3 is 5.32 Å². The second kappa shape index (κ2) is 5.12. The van der Waals surface area contributed by atoms with Crippen LogP contribution in [-0.4, -0.2) is 16.5 Å². The first-order valence-electron chi connectivity index (χ1n) is 5.96. The fraction of sp³-hybridized carbons (Fsp3) is 0.286. The van der Waals surface area contributed by atoms with Gasteiger partial charge in [0.05, 0.1) is 0 Å². The van der Waals surface area contributed by atoms with Crippen molar-refractivity contribution in [3.63, 3.8) is 0 Å². The SMILES string of the molecule is CCNc1cc(C)nc(-c2ccc(C)c(F)c2)n1. The van der Waals surface area contributed by atoms with Crippen LogP contribution < -0.4 is 5.32 Å². The fourth-order valence-electron chi connectivity index (χ4n) is 1.70. The summed E-state index contributed by atoms with van der Waals surface area (Å²) in [6.07, 6.45) is 0. The van der Waals surface area contributed by atoms with Gasteiger partial charge in [0, 0.05) is 23.9 Å². The number of halogens is 1. The van der Waals surface area contributed by atoms with Crippen LogP contribution in [0.25, 0.3) is 11.4 Å². The third-order valence-corrected chi connectivity index (χ3v) is 2.64. The normalized spacial score (nSPS) is 10.4. The van der Waals surface area contributed by atoms with E-state index < -0.39 is 0 Å². The number of nitrogens with zero attached hydrogens (tertiary/aromatic N) is 2. The Hall–Kier alpha value is -1.97. The summed E-state index contributed by atoms with van der Waals surface area (Å²) in [4.78, 5) is 8.71. The van der Waals surface area contributed by atoms with Crippen LogP contribution >= 0.6 is 0 Å². The van der Waals surface area contributed by atoms with Crippen molar-refractivity contribution < 1.29 is 4.39 Å². The topological polar surface area (TPSA) is 37.8 Å². The molecule has 0 spiro atoms. The number of aryl methyl sites for hydroxylation is 2. The van der Waals surface area contributed by atoms with Gasteiger partial charge in [-0.3, -0.25) is 0 Å². The Morgan fingerprint density at radius 2 is 1.94 bits per heavy atom. The van der Waals surface area contributed by atoms with Crippen molar-refractivity contribution in [1.29, 1.82) is 0 Å². The van der Waals surface area contributed by atoms with Crippen molar-refractivity contribution in [3.05, 3.63) is 41.3 Å². The summed E-state index contributed by atoms with van der Waals surface area (Å²) in [5, 5.41) is 3.14. The Bertz CT molecular complexity index is 567. The van der Waals surface area contributed by atoms with Gasteiger partial charge >= 0.3 is 0 Å². The van der Waals surface area contributed by atoms with Gasteiger partial charge in [0.25, 0.3) is 0 Å². The molecule has 1 aromatic carbocycles. The largest absolute Gasteiger partial charge is 0.370 e. The van der Waals surface area contributed by atoms with E-state index in [0.717, 1.165) is 18.1 Å². The molecule has 0 aliphatic heterocycles. The van der Waals surface area contributed by atoms with Crippen molar-refractivity contribution in [2.45, 2.75) is 20.8 Å². The predicted octanol–water partition coefficient (Wildman–Crippen LogP) is 3.33. The quantitative estimate of drug-likeness (QED) is 0.901. The minimum Gasteiger partial charge on any atom is -0.370 e. The molecule has 1 N–H and O–H groups in total. The molecule has 3 nitrogen and oxygen atoms in total. The summed E-state index contributed by atoms with van der Waals surface area (Å²) in [6.45, 7) is 6.43. The molecule has 0 saturated heterocycles. The molecule has 0 saturated carbocycles. The highest BCUT2D eigenvalue weighted by Gasteiger charge is 2.07. The minimum atomic E-state index is -0.234. The molecule has 0 aliphatic carbocycles. The molecule has 0 fully saturated rings. The maximum atomic E-state index is 13.5. The van der Waals surface area contributed by atoms with Crippen molar-refractivity contribution in [2.75, 3.05) is 11.9 Å². The molecule has 94 valence electrons. The number of hydrogen-bond donors (Lipinski definition) is 1. The van der Waals surface area contributed by atoms with Gasteiger partial charge in [-0.15, -0.1) is 0 Å². The van der Waals surface area contributed by atoms with Crippen molar-refractivity contribution in [2.24, 2.45) is 0 Å². The van der Waals surface area contributed by atoms with E-state index in [9.17, 15) is 4.39 Å². The number of hydrogen-bond acceptors (Lipinski definition) is 3. The van der Waals surface area contributed by atoms with Gasteiger partial charge in [0.15, 0.2) is 5.82 Å². The van der Waals surface area contributed by atoms with E-state index in [0.29, 0.717) is 17.0 Å². The summed E-state index contributed by atoms with van der Waals surface area (Å²) >= 11 is 0. The maximum absolute atomic E-state index is 13.5. The first-order valence-corrected chi connectivity index (χ1v) is 5.96. The highest BCUT2D eigenvalue weighted by Crippen LogP contribution is 2.20. The Labute approximate surface area is 106 Å². The summed E-state index contributed by atoms with van der Waals surface area (Å²) < 4.78 is 13.5. The van der Waals surface area contributed by atoms with E-state index in [-0.39, 0.29) is 5.82 Å². The number of anilines is 1. The van der Waals surface area contributed by atoms with Crippen LogP contribution in [0, 0.1) is 19.7 Å². The Kier molecular flexibility index (Phi) is 3.55. The van der Waals surface area contributed by atoms with Gasteiger partial charge in [0.1, 0.15) is 11.6 Å². The minimum absolute atomic E-state index is 0.234. The monoisotopic (exact) mass is 245 g/mol. The van der Waals surface area contributed by atoms with E-state index >= 15 is 0 Å². The first-order chi connectivity index (χ1) is 8.60. The smallest absolute Gasteiger partial charge is 0.161 e. The van der Waals surface area contributed by atoms with Gasteiger partial charge in [-0.1, -0.05) is 12.1 Å². The average Bonchev–Trinajstić information content (AvgIpc) is 2.32. The second-order valence-corrected chi connectivity index (χ2v) is 4.21. The molecule has 0 unspecified atom stereocenters. The van der Waals surface area contributed by atoms with Crippen molar-refractivity contribution in [3.8, 4) is 11.4 Å². The van der Waals surface area contributed by atoms with Gasteiger partial charge in [0.2, 0.25) is 0 Å². The van der Waals surface area contributed by atoms with Crippen LogP contribution in [0.3, 0.4) is 0 Å². The molecule has 2 aromatic rings. The molecule has 1 heterocycles. The zero-order valence-electron chi connectivity index (χ0n) is 10.8. The number of nitrogens with one attached hydrogen (secondary N) is 1. The molecule has 0 radical (unpaired) electrons. The van der Waals surface area contributed by atoms with Crippen LogP contribution in [0.2, 0.25) is 0 Å². The van der Waals surface area contributed by atoms with Gasteiger partial charge in [-0.25, -0.2) is 14.4 Å². The summed E-state index contributed by atoms with van der Waals surface area (Å²) in [7, 11) is 0. The Morgan fingerprint density at radius 1 is 1.17 bits per heavy atom. The zero-order chi connectivity index (χ0) is 13.1. The molecule has 4 heteroatoms. The maximum Gasteiger partial charge on any atom is 0.161 e. The molecule has 0 aliphatic rings. The zero-order valence-corrected chi connectivity index (χ0v) is 10.8. The molecule has 0 amide bonds. The van der Waals surface area contributed by atoms with E-state index in [2.05, 4.69) is 15.3 Å². The molecular weight excluding hydrogens is 229 g/mol. The van der Waals surface area contributed by atoms with Crippen LogP contribution in [0.4, 0.5) is 10.2 Å². The van der Waals surface area contributed by atoms with Gasteiger partial charge in [-0.05, 0) is 32.4 Å². The van der Waals surface area contributed by atoms with Crippen LogP contribution in [0.1, 0.15) is 18.2 Å². The van der Waals surface area contributed by atoms with Gasteiger partial charge in [-0.2, -0.15) is 0 Å². The summed E-state index contributed by atoms with van der Waals surface area (Å²) in [6, 6.07) is 6.92. The molecule has 0 atom stereocenters. The third kappa shape index (κ3) is 2.64. The number of aromatic nitrogens is 2. The lowest BCUT2D eigenvalue weighted by Gasteiger charge is -2.07. The molecule has 1 aromatic heterocycles. The van der Waals surface area contributed by atoms with E-state index in [4.69, 9.17) is 0 Å². The molecule has 0 bridgehead atoms. The lowest BCUT2D eigenvalue weighted by atomic mass is 10.1. The number of rotatable bonds is 3. The van der Waals surface area contributed by atoms with E-state index in [1.165, 1.54) is 6.07 Å². The van der Waals surface area contributed by atoms with Crippen LogP contribution in [-0.2, 0) is 0 Å². The molecular formula is C14H16FN3. The Morgan fingerprint density at radius 3 is 2.61 bits per heavy atom. The standard InChI is InChI=1S/C14H16FN3/c1-4-16-13-7-10(3)17-14(18-13)11-6-5-9(2)12(15)8-11/h5-8H,4H2,1-3H3,(H,16,17,18). The average molecular weight is 245 g/mol. The number of benzene rings is 1. The third-order valence-electron chi connectivity index (χ3n) is 2.64. The first kappa shape index (κ1) is 12.5. The Balaban J connectivity index is 2.46. The highest BCUT2D eigenvalue weighted by molar-refractivity contribution is 5.58. The summed E-state index contributed by atoms with van der Waals surface area (Å²) in [5.41, 5.74) is 2.18. The highest BCUT2D eigenvalue weighted by atomic mass is 19.1. The molecule has 2 rings (SSSR count). The van der Waals surface area contributed by atoms with Crippen molar-refractivity contribution >= 4 is 5.82 Å². The second-order valence-electron chi connectivity index (χ2n) is 4.21. The lowest BCUT2D eigenvalue weighted by Crippen LogP contribution is -2.02. The van der Waals surface area contributed by atoms with E-state index in [1.807, 2.05) is 26.0 Å². The van der Waals surface area contributed by atoms with Crippen LogP contribution in [0.5, 0.6) is 0 Å². The van der Waals surface area contributed by atoms with Crippen molar-refractivity contribution in [1.82, 2.24) is 9.97 Å². The molecule has 18 heavy (non-hydrogen) atoms. The lowest BCUT2D eigenvalue weighted by molar-refractivity contribution is 0.619.